The highest BCUT2D eigenvalue weighted by molar-refractivity contribution is 5.79. The van der Waals surface area contributed by atoms with Gasteiger partial charge in [0.2, 0.25) is 11.8 Å². The second kappa shape index (κ2) is 7.00. The van der Waals surface area contributed by atoms with E-state index in [1.165, 1.54) is 0 Å². The zero-order valence-corrected chi connectivity index (χ0v) is 14.6. The van der Waals surface area contributed by atoms with Crippen molar-refractivity contribution in [3.63, 3.8) is 0 Å². The SMILES string of the molecule is Cc1cn2nc(OCC3CCN(C(=O)C4CCOC4)CC3)ccc2n1. The van der Waals surface area contributed by atoms with Crippen LogP contribution in [0.15, 0.2) is 18.3 Å². The lowest BCUT2D eigenvalue weighted by molar-refractivity contribution is -0.137. The molecule has 0 aliphatic carbocycles. The predicted octanol–water partition coefficient (Wildman–Crippen LogP) is 1.69. The number of imidazole rings is 1. The van der Waals surface area contributed by atoms with Gasteiger partial charge in [0.05, 0.1) is 31.0 Å². The first-order valence-corrected chi connectivity index (χ1v) is 9.01. The largest absolute Gasteiger partial charge is 0.476 e. The van der Waals surface area contributed by atoms with E-state index in [1.54, 1.807) is 4.52 Å². The molecule has 0 saturated carbocycles. The van der Waals surface area contributed by atoms with E-state index in [1.807, 2.05) is 30.2 Å². The van der Waals surface area contributed by atoms with E-state index in [2.05, 4.69) is 10.1 Å². The quantitative estimate of drug-likeness (QED) is 0.844. The molecule has 7 heteroatoms. The molecular formula is C18H24N4O3. The molecule has 2 saturated heterocycles. The highest BCUT2D eigenvalue weighted by Gasteiger charge is 2.30. The van der Waals surface area contributed by atoms with Crippen molar-refractivity contribution in [3.05, 3.63) is 24.0 Å². The number of fused-ring (bicyclic) bond motifs is 1. The zero-order valence-electron chi connectivity index (χ0n) is 14.6. The Morgan fingerprint density at radius 1 is 1.32 bits per heavy atom. The molecule has 0 N–H and O–H groups in total. The van der Waals surface area contributed by atoms with Gasteiger partial charge in [-0.05, 0) is 38.2 Å². The number of hydrogen-bond acceptors (Lipinski definition) is 5. The minimum atomic E-state index is 0.0716. The van der Waals surface area contributed by atoms with Crippen LogP contribution in [0.4, 0.5) is 0 Å². The lowest BCUT2D eigenvalue weighted by atomic mass is 9.96. The first-order chi connectivity index (χ1) is 12.2. The molecule has 25 heavy (non-hydrogen) atoms. The molecule has 7 nitrogen and oxygen atoms in total. The number of piperidine rings is 1. The number of nitrogens with zero attached hydrogens (tertiary/aromatic N) is 4. The van der Waals surface area contributed by atoms with Crippen LogP contribution >= 0.6 is 0 Å². The average Bonchev–Trinajstić information content (AvgIpc) is 3.28. The van der Waals surface area contributed by atoms with Gasteiger partial charge in [0.15, 0.2) is 5.65 Å². The van der Waals surface area contributed by atoms with E-state index in [4.69, 9.17) is 9.47 Å². The second-order valence-electron chi connectivity index (χ2n) is 7.00. The average molecular weight is 344 g/mol. The summed E-state index contributed by atoms with van der Waals surface area (Å²) in [5, 5.41) is 4.43. The number of hydrogen-bond donors (Lipinski definition) is 0. The van der Waals surface area contributed by atoms with Crippen LogP contribution in [0.2, 0.25) is 0 Å². The highest BCUT2D eigenvalue weighted by Crippen LogP contribution is 2.22. The molecule has 2 aliphatic rings. The Bertz CT molecular complexity index is 746. The molecule has 2 fully saturated rings. The third-order valence-electron chi connectivity index (χ3n) is 5.09. The standard InChI is InChI=1S/C18H24N4O3/c1-13-10-22-16(19-13)2-3-17(20-22)25-11-14-4-7-21(8-5-14)18(23)15-6-9-24-12-15/h2-3,10,14-15H,4-9,11-12H2,1H3. The Balaban J connectivity index is 1.27. The third kappa shape index (κ3) is 3.61. The maximum atomic E-state index is 12.4. The third-order valence-corrected chi connectivity index (χ3v) is 5.09. The van der Waals surface area contributed by atoms with Crippen LogP contribution in [0.5, 0.6) is 5.88 Å². The smallest absolute Gasteiger partial charge is 0.231 e. The van der Waals surface area contributed by atoms with Crippen LogP contribution < -0.4 is 4.74 Å². The maximum absolute atomic E-state index is 12.4. The molecule has 0 bridgehead atoms. The Kier molecular flexibility index (Phi) is 4.57. The van der Waals surface area contributed by atoms with Crippen molar-refractivity contribution < 1.29 is 14.3 Å². The van der Waals surface area contributed by atoms with Crippen LogP contribution in [0.25, 0.3) is 5.65 Å². The number of amides is 1. The molecule has 1 atom stereocenters. The highest BCUT2D eigenvalue weighted by atomic mass is 16.5. The minimum absolute atomic E-state index is 0.0716. The summed E-state index contributed by atoms with van der Waals surface area (Å²) in [5.74, 6) is 1.42. The van der Waals surface area contributed by atoms with Gasteiger partial charge in [0, 0.05) is 25.8 Å². The zero-order chi connectivity index (χ0) is 17.2. The van der Waals surface area contributed by atoms with Crippen molar-refractivity contribution in [1.29, 1.82) is 0 Å². The van der Waals surface area contributed by atoms with E-state index in [0.717, 1.165) is 43.7 Å². The van der Waals surface area contributed by atoms with Gasteiger partial charge in [-0.1, -0.05) is 0 Å². The molecule has 1 unspecified atom stereocenters. The summed E-state index contributed by atoms with van der Waals surface area (Å²) in [4.78, 5) is 18.8. The monoisotopic (exact) mass is 344 g/mol. The summed E-state index contributed by atoms with van der Waals surface area (Å²) in [6.45, 7) is 5.52. The molecule has 0 radical (unpaired) electrons. The number of carbonyl (C=O) groups is 1. The van der Waals surface area contributed by atoms with Crippen molar-refractivity contribution in [2.75, 3.05) is 32.9 Å². The minimum Gasteiger partial charge on any atom is -0.476 e. The van der Waals surface area contributed by atoms with Crippen molar-refractivity contribution in [1.82, 2.24) is 19.5 Å². The number of aryl methyl sites for hydroxylation is 1. The van der Waals surface area contributed by atoms with Crippen LogP contribution in [-0.4, -0.2) is 58.3 Å². The van der Waals surface area contributed by atoms with Crippen LogP contribution in [0, 0.1) is 18.8 Å². The Morgan fingerprint density at radius 3 is 2.92 bits per heavy atom. The molecule has 2 aromatic heterocycles. The Hall–Kier alpha value is -2.15. The summed E-state index contributed by atoms with van der Waals surface area (Å²) >= 11 is 0. The van der Waals surface area contributed by atoms with Gasteiger partial charge in [-0.3, -0.25) is 4.79 Å². The maximum Gasteiger partial charge on any atom is 0.231 e. The van der Waals surface area contributed by atoms with E-state index >= 15 is 0 Å². The number of aromatic nitrogens is 3. The number of rotatable bonds is 4. The molecule has 1 amide bonds. The first-order valence-electron chi connectivity index (χ1n) is 9.01. The Labute approximate surface area is 146 Å². The summed E-state index contributed by atoms with van der Waals surface area (Å²) in [7, 11) is 0. The van der Waals surface area contributed by atoms with Crippen LogP contribution in [0.3, 0.4) is 0 Å². The molecule has 2 aliphatic heterocycles. The number of ether oxygens (including phenoxy) is 2. The number of carbonyl (C=O) groups excluding carboxylic acids is 1. The van der Waals surface area contributed by atoms with Crippen molar-refractivity contribution >= 4 is 11.6 Å². The summed E-state index contributed by atoms with van der Waals surface area (Å²) in [6, 6.07) is 3.78. The molecule has 0 aromatic carbocycles. The van der Waals surface area contributed by atoms with Crippen molar-refractivity contribution in [2.45, 2.75) is 26.2 Å². The summed E-state index contributed by atoms with van der Waals surface area (Å²) < 4.78 is 12.9. The van der Waals surface area contributed by atoms with Gasteiger partial charge in [-0.2, -0.15) is 0 Å². The van der Waals surface area contributed by atoms with Gasteiger partial charge in [-0.25, -0.2) is 9.50 Å². The molecular weight excluding hydrogens is 320 g/mol. The lowest BCUT2D eigenvalue weighted by Crippen LogP contribution is -2.42. The number of likely N-dealkylation sites (tertiary alicyclic amines) is 1. The van der Waals surface area contributed by atoms with Gasteiger partial charge in [-0.15, -0.1) is 5.10 Å². The fourth-order valence-corrected chi connectivity index (χ4v) is 3.57. The van der Waals surface area contributed by atoms with Crippen LogP contribution in [0.1, 0.15) is 25.0 Å². The Morgan fingerprint density at radius 2 is 2.16 bits per heavy atom. The molecule has 2 aromatic rings. The fraction of sp³-hybridized carbons (Fsp3) is 0.611. The van der Waals surface area contributed by atoms with Crippen molar-refractivity contribution in [2.24, 2.45) is 11.8 Å². The van der Waals surface area contributed by atoms with E-state index in [-0.39, 0.29) is 11.8 Å². The van der Waals surface area contributed by atoms with E-state index in [9.17, 15) is 4.79 Å². The molecule has 4 rings (SSSR count). The molecule has 4 heterocycles. The first kappa shape index (κ1) is 16.3. The summed E-state index contributed by atoms with van der Waals surface area (Å²) in [6.07, 6.45) is 4.71. The fourth-order valence-electron chi connectivity index (χ4n) is 3.57. The molecule has 0 spiro atoms. The van der Waals surface area contributed by atoms with Gasteiger partial charge >= 0.3 is 0 Å². The van der Waals surface area contributed by atoms with Gasteiger partial charge in [0.25, 0.3) is 0 Å². The lowest BCUT2D eigenvalue weighted by Gasteiger charge is -2.33. The normalized spacial score (nSPS) is 21.8. The van der Waals surface area contributed by atoms with Gasteiger partial charge < -0.3 is 14.4 Å². The van der Waals surface area contributed by atoms with Gasteiger partial charge in [0.1, 0.15) is 0 Å². The second-order valence-corrected chi connectivity index (χ2v) is 7.00. The van der Waals surface area contributed by atoms with Crippen LogP contribution in [-0.2, 0) is 9.53 Å². The topological polar surface area (TPSA) is 69.0 Å². The molecule has 134 valence electrons. The summed E-state index contributed by atoms with van der Waals surface area (Å²) in [5.41, 5.74) is 1.77. The van der Waals surface area contributed by atoms with E-state index in [0.29, 0.717) is 31.6 Å². The van der Waals surface area contributed by atoms with E-state index < -0.39 is 0 Å². The predicted molar refractivity (Wildman–Crippen MR) is 91.4 cm³/mol. The van der Waals surface area contributed by atoms with Crippen molar-refractivity contribution in [3.8, 4) is 5.88 Å².